The molecule has 3 rings (SSSR count). The predicted octanol–water partition coefficient (Wildman–Crippen LogP) is 4.27. The van der Waals surface area contributed by atoms with Crippen LogP contribution in [0, 0.1) is 27.7 Å². The Labute approximate surface area is 125 Å². The van der Waals surface area contributed by atoms with Crippen molar-refractivity contribution in [3.8, 4) is 11.4 Å². The van der Waals surface area contributed by atoms with E-state index in [-0.39, 0.29) is 0 Å². The Bertz CT molecular complexity index is 808. The second kappa shape index (κ2) is 4.92. The van der Waals surface area contributed by atoms with Crippen LogP contribution in [0.25, 0.3) is 16.7 Å². The zero-order valence-corrected chi connectivity index (χ0v) is 13.2. The van der Waals surface area contributed by atoms with Gasteiger partial charge in [0.15, 0.2) is 0 Å². The van der Waals surface area contributed by atoms with Crippen molar-refractivity contribution in [3.63, 3.8) is 0 Å². The maximum atomic E-state index is 5.35. The molecule has 3 nitrogen and oxygen atoms in total. The molecule has 108 valence electrons. The molecular formula is C18H20N2O. The van der Waals surface area contributed by atoms with Crippen molar-refractivity contribution < 1.29 is 4.74 Å². The van der Waals surface area contributed by atoms with Gasteiger partial charge in [0.05, 0.1) is 12.8 Å². The van der Waals surface area contributed by atoms with E-state index in [1.807, 2.05) is 6.92 Å². The first-order chi connectivity index (χ1) is 10.0. The molecule has 0 bridgehead atoms. The lowest BCUT2D eigenvalue weighted by Crippen LogP contribution is -2.01. The summed E-state index contributed by atoms with van der Waals surface area (Å²) in [4.78, 5) is 4.73. The third-order valence-corrected chi connectivity index (χ3v) is 3.93. The molecule has 0 spiro atoms. The number of benzene rings is 1. The molecule has 2 aromatic heterocycles. The molecule has 0 radical (unpaired) electrons. The lowest BCUT2D eigenvalue weighted by Gasteiger charge is -2.14. The van der Waals surface area contributed by atoms with Gasteiger partial charge < -0.3 is 9.30 Å². The number of aromatic nitrogens is 2. The number of ether oxygens (including phenoxy) is 1. The number of methoxy groups -OCH3 is 1. The first-order valence-electron chi connectivity index (χ1n) is 7.12. The molecule has 0 aliphatic heterocycles. The van der Waals surface area contributed by atoms with Gasteiger partial charge in [-0.25, -0.2) is 4.98 Å². The SMILES string of the molecule is COc1cc(C)c(-n2cc(C)c3ccc(C)nc32)c(C)c1. The number of fused-ring (bicyclic) bond motifs is 1. The van der Waals surface area contributed by atoms with E-state index in [1.54, 1.807) is 7.11 Å². The highest BCUT2D eigenvalue weighted by molar-refractivity contribution is 5.82. The van der Waals surface area contributed by atoms with Crippen molar-refractivity contribution in [2.45, 2.75) is 27.7 Å². The third-order valence-electron chi connectivity index (χ3n) is 3.93. The average Bonchev–Trinajstić information content (AvgIpc) is 2.74. The highest BCUT2D eigenvalue weighted by Crippen LogP contribution is 2.29. The molecule has 3 heteroatoms. The second-order valence-corrected chi connectivity index (χ2v) is 5.62. The number of hydrogen-bond donors (Lipinski definition) is 0. The molecule has 0 N–H and O–H groups in total. The van der Waals surface area contributed by atoms with Crippen molar-refractivity contribution in [2.24, 2.45) is 0 Å². The van der Waals surface area contributed by atoms with E-state index in [0.29, 0.717) is 0 Å². The molecule has 0 saturated carbocycles. The molecular weight excluding hydrogens is 260 g/mol. The molecule has 0 saturated heterocycles. The Kier molecular flexibility index (Phi) is 3.20. The molecule has 1 aromatic carbocycles. The van der Waals surface area contributed by atoms with Gasteiger partial charge in [0.1, 0.15) is 11.4 Å². The van der Waals surface area contributed by atoms with Crippen molar-refractivity contribution in [1.29, 1.82) is 0 Å². The van der Waals surface area contributed by atoms with E-state index >= 15 is 0 Å². The summed E-state index contributed by atoms with van der Waals surface area (Å²) in [5, 5.41) is 1.20. The molecule has 0 aliphatic rings. The molecule has 0 amide bonds. The van der Waals surface area contributed by atoms with Gasteiger partial charge in [-0.15, -0.1) is 0 Å². The van der Waals surface area contributed by atoms with Gasteiger partial charge in [-0.2, -0.15) is 0 Å². The minimum Gasteiger partial charge on any atom is -0.497 e. The maximum Gasteiger partial charge on any atom is 0.145 e. The highest BCUT2D eigenvalue weighted by atomic mass is 16.5. The van der Waals surface area contributed by atoms with Crippen molar-refractivity contribution in [2.75, 3.05) is 7.11 Å². The van der Waals surface area contributed by atoms with Crippen molar-refractivity contribution >= 4 is 11.0 Å². The van der Waals surface area contributed by atoms with Crippen LogP contribution in [-0.2, 0) is 0 Å². The minimum absolute atomic E-state index is 0.895. The smallest absolute Gasteiger partial charge is 0.145 e. The van der Waals surface area contributed by atoms with E-state index in [0.717, 1.165) is 17.1 Å². The molecule has 0 atom stereocenters. The summed E-state index contributed by atoms with van der Waals surface area (Å²) in [6.07, 6.45) is 2.17. The number of pyridine rings is 1. The van der Waals surface area contributed by atoms with Crippen LogP contribution in [0.15, 0.2) is 30.5 Å². The lowest BCUT2D eigenvalue weighted by molar-refractivity contribution is 0.414. The van der Waals surface area contributed by atoms with Crippen molar-refractivity contribution in [1.82, 2.24) is 9.55 Å². The highest BCUT2D eigenvalue weighted by Gasteiger charge is 2.13. The molecule has 0 aliphatic carbocycles. The van der Waals surface area contributed by atoms with Gasteiger partial charge in [0.2, 0.25) is 0 Å². The second-order valence-electron chi connectivity index (χ2n) is 5.62. The fraction of sp³-hybridized carbons (Fsp3) is 0.278. The van der Waals surface area contributed by atoms with E-state index in [9.17, 15) is 0 Å². The zero-order valence-electron chi connectivity index (χ0n) is 13.2. The summed E-state index contributed by atoms with van der Waals surface area (Å²) in [5.74, 6) is 0.895. The van der Waals surface area contributed by atoms with Gasteiger partial charge in [0.25, 0.3) is 0 Å². The zero-order chi connectivity index (χ0) is 15.1. The summed E-state index contributed by atoms with van der Waals surface area (Å²) in [5.41, 5.74) is 6.85. The van der Waals surface area contributed by atoms with Crippen LogP contribution in [0.1, 0.15) is 22.4 Å². The van der Waals surface area contributed by atoms with Gasteiger partial charge in [-0.05, 0) is 68.7 Å². The Balaban J connectivity index is 2.33. The van der Waals surface area contributed by atoms with Crippen LogP contribution in [0.3, 0.4) is 0 Å². The average molecular weight is 280 g/mol. The largest absolute Gasteiger partial charge is 0.497 e. The molecule has 21 heavy (non-hydrogen) atoms. The Hall–Kier alpha value is -2.29. The lowest BCUT2D eigenvalue weighted by atomic mass is 10.1. The van der Waals surface area contributed by atoms with Crippen LogP contribution in [0.2, 0.25) is 0 Å². The van der Waals surface area contributed by atoms with Gasteiger partial charge in [-0.3, -0.25) is 0 Å². The Morgan fingerprint density at radius 1 is 0.952 bits per heavy atom. The first kappa shape index (κ1) is 13.7. The molecule has 0 unspecified atom stereocenters. The first-order valence-corrected chi connectivity index (χ1v) is 7.12. The number of hydrogen-bond acceptors (Lipinski definition) is 2. The summed E-state index contributed by atoms with van der Waals surface area (Å²) < 4.78 is 7.55. The topological polar surface area (TPSA) is 27.1 Å². The predicted molar refractivity (Wildman–Crippen MR) is 86.6 cm³/mol. The maximum absolute atomic E-state index is 5.35. The summed E-state index contributed by atoms with van der Waals surface area (Å²) in [6.45, 7) is 8.38. The summed E-state index contributed by atoms with van der Waals surface area (Å²) in [6, 6.07) is 8.35. The molecule has 0 fully saturated rings. The quantitative estimate of drug-likeness (QED) is 0.701. The number of rotatable bonds is 2. The van der Waals surface area contributed by atoms with Crippen LogP contribution in [0.4, 0.5) is 0 Å². The standard InChI is InChI=1S/C18H20N2O/c1-11-8-15(21-5)9-12(2)17(11)20-10-13(3)16-7-6-14(4)19-18(16)20/h6-10H,1-5H3. The van der Waals surface area contributed by atoms with Gasteiger partial charge >= 0.3 is 0 Å². The van der Waals surface area contributed by atoms with Crippen LogP contribution in [0.5, 0.6) is 5.75 Å². The molecule has 3 aromatic rings. The van der Waals surface area contributed by atoms with Crippen molar-refractivity contribution in [3.05, 3.63) is 52.8 Å². The monoisotopic (exact) mass is 280 g/mol. The Morgan fingerprint density at radius 3 is 2.24 bits per heavy atom. The Morgan fingerprint density at radius 2 is 1.62 bits per heavy atom. The van der Waals surface area contributed by atoms with Crippen LogP contribution in [-0.4, -0.2) is 16.7 Å². The number of nitrogens with zero attached hydrogens (tertiary/aromatic N) is 2. The van der Waals surface area contributed by atoms with E-state index in [2.05, 4.69) is 55.8 Å². The van der Waals surface area contributed by atoms with Crippen LogP contribution >= 0.6 is 0 Å². The van der Waals surface area contributed by atoms with Crippen LogP contribution < -0.4 is 4.74 Å². The van der Waals surface area contributed by atoms with Gasteiger partial charge in [0, 0.05) is 17.3 Å². The van der Waals surface area contributed by atoms with E-state index in [4.69, 9.17) is 9.72 Å². The van der Waals surface area contributed by atoms with Gasteiger partial charge in [-0.1, -0.05) is 0 Å². The number of aryl methyl sites for hydroxylation is 4. The fourth-order valence-electron chi connectivity index (χ4n) is 2.94. The minimum atomic E-state index is 0.895. The summed E-state index contributed by atoms with van der Waals surface area (Å²) in [7, 11) is 1.70. The van der Waals surface area contributed by atoms with E-state index in [1.165, 1.54) is 27.8 Å². The summed E-state index contributed by atoms with van der Waals surface area (Å²) >= 11 is 0. The fourth-order valence-corrected chi connectivity index (χ4v) is 2.94. The normalized spacial score (nSPS) is 11.1. The molecule has 2 heterocycles. The van der Waals surface area contributed by atoms with E-state index < -0.39 is 0 Å². The third kappa shape index (κ3) is 2.19.